The van der Waals surface area contributed by atoms with Gasteiger partial charge in [-0.15, -0.1) is 0 Å². The number of aliphatic carboxylic acids is 1. The molecule has 1 unspecified atom stereocenters. The van der Waals surface area contributed by atoms with Crippen molar-refractivity contribution in [3.63, 3.8) is 0 Å². The second-order valence-corrected chi connectivity index (χ2v) is 7.24. The summed E-state index contributed by atoms with van der Waals surface area (Å²) in [5.74, 6) is -1.01. The minimum absolute atomic E-state index is 0.149. The molecule has 0 bridgehead atoms. The molecule has 25 heavy (non-hydrogen) atoms. The van der Waals surface area contributed by atoms with Crippen LogP contribution >= 0.6 is 0 Å². The first kappa shape index (κ1) is 19.5. The van der Waals surface area contributed by atoms with E-state index in [1.54, 1.807) is 12.2 Å². The van der Waals surface area contributed by atoms with Gasteiger partial charge in [0.2, 0.25) is 11.8 Å². The fourth-order valence-electron chi connectivity index (χ4n) is 3.79. The maximum Gasteiger partial charge on any atom is 0.326 e. The summed E-state index contributed by atoms with van der Waals surface area (Å²) >= 11 is 0. The van der Waals surface area contributed by atoms with Crippen molar-refractivity contribution in [3.05, 3.63) is 12.2 Å². The third-order valence-electron chi connectivity index (χ3n) is 5.39. The molecule has 6 nitrogen and oxygen atoms in total. The van der Waals surface area contributed by atoms with Crippen LogP contribution in [0.15, 0.2) is 12.2 Å². The van der Waals surface area contributed by atoms with Crippen LogP contribution in [0.4, 0.5) is 0 Å². The minimum Gasteiger partial charge on any atom is -0.480 e. The van der Waals surface area contributed by atoms with Crippen molar-refractivity contribution in [2.24, 2.45) is 11.8 Å². The molecule has 140 valence electrons. The van der Waals surface area contributed by atoms with Crippen LogP contribution in [0.1, 0.15) is 64.7 Å². The molecule has 2 fully saturated rings. The van der Waals surface area contributed by atoms with Crippen LogP contribution in [0.25, 0.3) is 0 Å². The van der Waals surface area contributed by atoms with E-state index in [1.165, 1.54) is 0 Å². The van der Waals surface area contributed by atoms with Crippen LogP contribution in [0.3, 0.4) is 0 Å². The predicted octanol–water partition coefficient (Wildman–Crippen LogP) is 2.39. The monoisotopic (exact) mass is 350 g/mol. The molecule has 0 aromatic carbocycles. The molecular weight excluding hydrogens is 320 g/mol. The zero-order valence-electron chi connectivity index (χ0n) is 15.0. The molecule has 2 saturated carbocycles. The molecule has 0 spiro atoms. The standard InChI is InChI=1S/C19H30N2O4/c1-2-3-8-16(19(24)25)21-18(23)14-9-11-15(12-10-14)20-17(22)13-6-4-5-7-13/h2-3,13-16H,4-12H2,1H3,(H,20,22)(H,21,23)(H,24,25)/b3-2+. The lowest BCUT2D eigenvalue weighted by atomic mass is 9.85. The number of carbonyl (C=O) groups excluding carboxylic acids is 2. The summed E-state index contributed by atoms with van der Waals surface area (Å²) in [6.45, 7) is 1.82. The van der Waals surface area contributed by atoms with Crippen LogP contribution in [0.2, 0.25) is 0 Å². The Balaban J connectivity index is 1.75. The highest BCUT2D eigenvalue weighted by Crippen LogP contribution is 2.28. The Labute approximate surface area is 149 Å². The van der Waals surface area contributed by atoms with Crippen molar-refractivity contribution in [1.29, 1.82) is 0 Å². The average Bonchev–Trinajstić information content (AvgIpc) is 3.13. The quantitative estimate of drug-likeness (QED) is 0.614. The Hall–Kier alpha value is -1.85. The van der Waals surface area contributed by atoms with Gasteiger partial charge in [-0.2, -0.15) is 0 Å². The predicted molar refractivity (Wildman–Crippen MR) is 94.8 cm³/mol. The zero-order valence-corrected chi connectivity index (χ0v) is 15.0. The number of nitrogens with one attached hydrogen (secondary N) is 2. The number of allylic oxidation sites excluding steroid dienone is 1. The molecule has 3 N–H and O–H groups in total. The molecule has 0 aromatic rings. The van der Waals surface area contributed by atoms with Gasteiger partial charge in [-0.25, -0.2) is 4.79 Å². The first-order chi connectivity index (χ1) is 12.0. The van der Waals surface area contributed by atoms with Gasteiger partial charge in [-0.1, -0.05) is 25.0 Å². The summed E-state index contributed by atoms with van der Waals surface area (Å²) < 4.78 is 0. The molecule has 2 amide bonds. The smallest absolute Gasteiger partial charge is 0.326 e. The van der Waals surface area contributed by atoms with Crippen molar-refractivity contribution in [1.82, 2.24) is 10.6 Å². The lowest BCUT2D eigenvalue weighted by Crippen LogP contribution is -2.46. The molecule has 0 heterocycles. The van der Waals surface area contributed by atoms with Crippen molar-refractivity contribution in [2.75, 3.05) is 0 Å². The van der Waals surface area contributed by atoms with Crippen LogP contribution in [-0.2, 0) is 14.4 Å². The molecule has 6 heteroatoms. The molecule has 1 atom stereocenters. The zero-order chi connectivity index (χ0) is 18.2. The topological polar surface area (TPSA) is 95.5 Å². The van der Waals surface area contributed by atoms with Gasteiger partial charge in [0.1, 0.15) is 6.04 Å². The Morgan fingerprint density at radius 2 is 1.60 bits per heavy atom. The summed E-state index contributed by atoms with van der Waals surface area (Å²) in [6.07, 6.45) is 11.0. The number of rotatable bonds is 7. The second kappa shape index (κ2) is 9.59. The third kappa shape index (κ3) is 5.87. The third-order valence-corrected chi connectivity index (χ3v) is 5.39. The van der Waals surface area contributed by atoms with Gasteiger partial charge in [-0.05, 0) is 51.9 Å². The fourth-order valence-corrected chi connectivity index (χ4v) is 3.79. The van der Waals surface area contributed by atoms with E-state index in [0.717, 1.165) is 38.5 Å². The second-order valence-electron chi connectivity index (χ2n) is 7.24. The maximum absolute atomic E-state index is 12.3. The Bertz CT molecular complexity index is 504. The van der Waals surface area contributed by atoms with Crippen LogP contribution in [-0.4, -0.2) is 35.0 Å². The average molecular weight is 350 g/mol. The van der Waals surface area contributed by atoms with Gasteiger partial charge >= 0.3 is 5.97 Å². The lowest BCUT2D eigenvalue weighted by Gasteiger charge is -2.29. The molecule has 2 aliphatic carbocycles. The maximum atomic E-state index is 12.3. The van der Waals surface area contributed by atoms with E-state index in [-0.39, 0.29) is 29.7 Å². The molecule has 0 aromatic heterocycles. The number of hydrogen-bond donors (Lipinski definition) is 3. The van der Waals surface area contributed by atoms with Crippen LogP contribution in [0, 0.1) is 11.8 Å². The summed E-state index contributed by atoms with van der Waals surface area (Å²) in [7, 11) is 0. The summed E-state index contributed by atoms with van der Waals surface area (Å²) in [5.41, 5.74) is 0. The number of carboxylic acids is 1. The van der Waals surface area contributed by atoms with Gasteiger partial charge in [0.25, 0.3) is 0 Å². The first-order valence-corrected chi connectivity index (χ1v) is 9.46. The number of amides is 2. The highest BCUT2D eigenvalue weighted by molar-refractivity contribution is 5.85. The minimum atomic E-state index is -1.01. The molecule has 0 saturated heterocycles. The highest BCUT2D eigenvalue weighted by atomic mass is 16.4. The summed E-state index contributed by atoms with van der Waals surface area (Å²) in [5, 5.41) is 15.0. The largest absolute Gasteiger partial charge is 0.480 e. The number of carbonyl (C=O) groups is 3. The highest BCUT2D eigenvalue weighted by Gasteiger charge is 2.31. The molecule has 2 aliphatic rings. The van der Waals surface area contributed by atoms with Gasteiger partial charge in [0.05, 0.1) is 0 Å². The van der Waals surface area contributed by atoms with Gasteiger partial charge in [-0.3, -0.25) is 9.59 Å². The van der Waals surface area contributed by atoms with Crippen LogP contribution in [0.5, 0.6) is 0 Å². The van der Waals surface area contributed by atoms with E-state index in [0.29, 0.717) is 19.3 Å². The van der Waals surface area contributed by atoms with E-state index >= 15 is 0 Å². The summed E-state index contributed by atoms with van der Waals surface area (Å²) in [4.78, 5) is 35.7. The first-order valence-electron chi connectivity index (χ1n) is 9.46. The van der Waals surface area contributed by atoms with E-state index in [9.17, 15) is 19.5 Å². The van der Waals surface area contributed by atoms with Gasteiger partial charge in [0, 0.05) is 17.9 Å². The fraction of sp³-hybridized carbons (Fsp3) is 0.737. The van der Waals surface area contributed by atoms with Crippen LogP contribution < -0.4 is 10.6 Å². The lowest BCUT2D eigenvalue weighted by molar-refractivity contribution is -0.142. The van der Waals surface area contributed by atoms with Gasteiger partial charge < -0.3 is 15.7 Å². The van der Waals surface area contributed by atoms with E-state index in [2.05, 4.69) is 10.6 Å². The Morgan fingerprint density at radius 1 is 1.00 bits per heavy atom. The van der Waals surface area contributed by atoms with Gasteiger partial charge in [0.15, 0.2) is 0 Å². The van der Waals surface area contributed by atoms with E-state index < -0.39 is 12.0 Å². The van der Waals surface area contributed by atoms with Crippen molar-refractivity contribution >= 4 is 17.8 Å². The molecule has 2 rings (SSSR count). The van der Waals surface area contributed by atoms with E-state index in [1.807, 2.05) is 6.92 Å². The summed E-state index contributed by atoms with van der Waals surface area (Å²) in [6, 6.07) is -0.723. The number of carboxylic acid groups (broad SMARTS) is 1. The van der Waals surface area contributed by atoms with Crippen molar-refractivity contribution in [2.45, 2.75) is 76.8 Å². The number of hydrogen-bond acceptors (Lipinski definition) is 3. The Morgan fingerprint density at radius 3 is 2.16 bits per heavy atom. The molecular formula is C19H30N2O4. The SMILES string of the molecule is C/C=C/CC(NC(=O)C1CCC(NC(=O)C2CCCC2)CC1)C(=O)O. The van der Waals surface area contributed by atoms with Crippen molar-refractivity contribution in [3.8, 4) is 0 Å². The molecule has 0 aliphatic heterocycles. The van der Waals surface area contributed by atoms with E-state index in [4.69, 9.17) is 0 Å². The van der Waals surface area contributed by atoms with Crippen molar-refractivity contribution < 1.29 is 19.5 Å². The Kier molecular flexibility index (Phi) is 7.47. The molecule has 0 radical (unpaired) electrons. The normalized spacial score (nSPS) is 25.6.